The number of amides is 1. The Morgan fingerprint density at radius 3 is 2.64 bits per heavy atom. The van der Waals surface area contributed by atoms with Crippen LogP contribution in [-0.4, -0.2) is 39.8 Å². The van der Waals surface area contributed by atoms with Gasteiger partial charge in [0.1, 0.15) is 12.6 Å². The highest BCUT2D eigenvalue weighted by Gasteiger charge is 2.21. The van der Waals surface area contributed by atoms with E-state index in [4.69, 9.17) is 15.1 Å². The van der Waals surface area contributed by atoms with Gasteiger partial charge in [0.05, 0.1) is 0 Å². The molecule has 1 aromatic rings. The summed E-state index contributed by atoms with van der Waals surface area (Å²) in [4.78, 5) is 22.6. The Hall–Kier alpha value is -2.84. The molecule has 0 aliphatic heterocycles. The Balaban J connectivity index is 2.38. The fraction of sp³-hybridized carbons (Fsp3) is 0.385. The summed E-state index contributed by atoms with van der Waals surface area (Å²) in [6.45, 7) is -0.155. The molecule has 0 heterocycles. The lowest BCUT2D eigenvalue weighted by molar-refractivity contribution is -0.556. The van der Waals surface area contributed by atoms with Crippen LogP contribution < -0.4 is 5.32 Å². The minimum absolute atomic E-state index is 0.00400. The molecule has 120 valence electrons. The van der Waals surface area contributed by atoms with Gasteiger partial charge >= 0.3 is 12.1 Å². The van der Waals surface area contributed by atoms with E-state index in [1.165, 1.54) is 0 Å². The van der Waals surface area contributed by atoms with E-state index in [2.05, 4.69) is 10.6 Å². The number of carbonyl (C=O) groups excluding carboxylic acids is 1. The summed E-state index contributed by atoms with van der Waals surface area (Å²) in [6.07, 6.45) is -0.727. The molecule has 22 heavy (non-hydrogen) atoms. The Bertz CT molecular complexity index is 520. The second-order valence-electron chi connectivity index (χ2n) is 4.40. The first-order valence-corrected chi connectivity index (χ1v) is 6.52. The van der Waals surface area contributed by atoms with Crippen molar-refractivity contribution in [2.45, 2.75) is 25.5 Å². The number of aliphatic carboxylic acids is 1. The third-order valence-corrected chi connectivity index (χ3v) is 2.74. The first-order chi connectivity index (χ1) is 10.5. The molecule has 0 aliphatic rings. The third kappa shape index (κ3) is 6.55. The van der Waals surface area contributed by atoms with Crippen LogP contribution in [0.2, 0.25) is 0 Å². The van der Waals surface area contributed by atoms with Crippen molar-refractivity contribution in [3.8, 4) is 0 Å². The molecular formula is C13H17N3O6. The van der Waals surface area contributed by atoms with Gasteiger partial charge in [0.2, 0.25) is 0 Å². The lowest BCUT2D eigenvalue weighted by Crippen LogP contribution is -2.41. The molecule has 0 unspecified atom stereocenters. The molecule has 0 fully saturated rings. The van der Waals surface area contributed by atoms with Crippen molar-refractivity contribution in [3.63, 3.8) is 0 Å². The number of carboxylic acid groups (broad SMARTS) is 1. The molecule has 9 heteroatoms. The number of nitrogens with one attached hydrogen (secondary N) is 1. The quantitative estimate of drug-likeness (QED) is 0.378. The van der Waals surface area contributed by atoms with Crippen LogP contribution in [0.3, 0.4) is 0 Å². The zero-order valence-electron chi connectivity index (χ0n) is 11.7. The summed E-state index contributed by atoms with van der Waals surface area (Å²) in [5.41, 5.74) is 0.774. The van der Waals surface area contributed by atoms with Gasteiger partial charge in [0.15, 0.2) is 11.8 Å². The molecule has 0 bridgehead atoms. The number of hydroxylamine groups is 1. The molecule has 0 saturated heterocycles. The molecule has 0 aliphatic carbocycles. The number of ether oxygens (including phenoxy) is 1. The number of hydrogen-bond donors (Lipinski definition) is 3. The van der Waals surface area contributed by atoms with Gasteiger partial charge in [-0.1, -0.05) is 35.2 Å². The molecule has 1 amide bonds. The normalized spacial score (nSPS) is 12.5. The maximum Gasteiger partial charge on any atom is 0.408 e. The highest BCUT2D eigenvalue weighted by atomic mass is 16.6. The first-order valence-electron chi connectivity index (χ1n) is 6.52. The average molecular weight is 311 g/mol. The highest BCUT2D eigenvalue weighted by Crippen LogP contribution is 2.03. The van der Waals surface area contributed by atoms with Crippen molar-refractivity contribution < 1.29 is 29.5 Å². The number of carboxylic acids is 1. The highest BCUT2D eigenvalue weighted by molar-refractivity contribution is 5.79. The van der Waals surface area contributed by atoms with Gasteiger partial charge in [-0.25, -0.2) is 9.59 Å². The van der Waals surface area contributed by atoms with Crippen molar-refractivity contribution in [3.05, 3.63) is 41.1 Å². The van der Waals surface area contributed by atoms with Gasteiger partial charge in [0.25, 0.3) is 0 Å². The number of rotatable bonds is 8. The Kier molecular flexibility index (Phi) is 7.17. The van der Waals surface area contributed by atoms with Crippen LogP contribution in [0.4, 0.5) is 4.79 Å². The molecule has 0 radical (unpaired) electrons. The largest absolute Gasteiger partial charge is 0.597 e. The SMILES string of the molecule is O=C(N[C@@H](CCC/[N+]([O-])=N/O)C(=O)O)OCc1ccccc1. The van der Waals surface area contributed by atoms with Crippen molar-refractivity contribution in [1.29, 1.82) is 0 Å². The molecule has 0 aromatic heterocycles. The van der Waals surface area contributed by atoms with Gasteiger partial charge in [-0.05, 0) is 12.0 Å². The van der Waals surface area contributed by atoms with E-state index >= 15 is 0 Å². The summed E-state index contributed by atoms with van der Waals surface area (Å²) in [5.74, 6) is -1.24. The average Bonchev–Trinajstić information content (AvgIpc) is 2.52. The topological polar surface area (TPSA) is 134 Å². The lowest BCUT2D eigenvalue weighted by atomic mass is 10.1. The Labute approximate surface area is 126 Å². The van der Waals surface area contributed by atoms with Gasteiger partial charge < -0.3 is 25.6 Å². The third-order valence-electron chi connectivity index (χ3n) is 2.74. The zero-order valence-corrected chi connectivity index (χ0v) is 11.7. The predicted molar refractivity (Wildman–Crippen MR) is 73.1 cm³/mol. The molecule has 1 rings (SSSR count). The minimum Gasteiger partial charge on any atom is -0.597 e. The van der Waals surface area contributed by atoms with Gasteiger partial charge in [0, 0.05) is 6.42 Å². The molecule has 3 N–H and O–H groups in total. The molecule has 1 aromatic carbocycles. The van der Waals surface area contributed by atoms with Crippen LogP contribution in [0.25, 0.3) is 0 Å². The van der Waals surface area contributed by atoms with E-state index < -0.39 is 18.1 Å². The Morgan fingerprint density at radius 2 is 2.05 bits per heavy atom. The van der Waals surface area contributed by atoms with Crippen LogP contribution in [0.5, 0.6) is 0 Å². The number of carbonyl (C=O) groups is 2. The van der Waals surface area contributed by atoms with E-state index in [0.717, 1.165) is 5.56 Å². The van der Waals surface area contributed by atoms with Crippen molar-refractivity contribution in [1.82, 2.24) is 5.32 Å². The number of hydrogen-bond acceptors (Lipinski definition) is 5. The summed E-state index contributed by atoms with van der Waals surface area (Å²) in [6, 6.07) is 7.75. The maximum absolute atomic E-state index is 11.6. The van der Waals surface area contributed by atoms with Crippen molar-refractivity contribution in [2.24, 2.45) is 5.28 Å². The molecule has 9 nitrogen and oxygen atoms in total. The van der Waals surface area contributed by atoms with E-state index in [1.807, 2.05) is 6.07 Å². The monoisotopic (exact) mass is 311 g/mol. The van der Waals surface area contributed by atoms with Gasteiger partial charge in [-0.15, -0.1) is 0 Å². The predicted octanol–water partition coefficient (Wildman–Crippen LogP) is 1.50. The smallest absolute Gasteiger partial charge is 0.408 e. The van der Waals surface area contributed by atoms with E-state index in [1.54, 1.807) is 24.3 Å². The zero-order chi connectivity index (χ0) is 16.4. The lowest BCUT2D eigenvalue weighted by Gasteiger charge is -2.14. The summed E-state index contributed by atoms with van der Waals surface area (Å²) in [5, 5.41) is 32.4. The minimum atomic E-state index is -1.24. The molecular weight excluding hydrogens is 294 g/mol. The summed E-state index contributed by atoms with van der Waals surface area (Å²) < 4.78 is 4.91. The second-order valence-corrected chi connectivity index (χ2v) is 4.40. The molecule has 0 saturated carbocycles. The van der Waals surface area contributed by atoms with Crippen molar-refractivity contribution in [2.75, 3.05) is 6.54 Å². The van der Waals surface area contributed by atoms with Crippen LogP contribution in [0.15, 0.2) is 35.6 Å². The van der Waals surface area contributed by atoms with Crippen molar-refractivity contribution >= 4 is 12.1 Å². The summed E-state index contributed by atoms with van der Waals surface area (Å²) >= 11 is 0. The van der Waals surface area contributed by atoms with E-state index in [-0.39, 0.29) is 30.9 Å². The molecule has 1 atom stereocenters. The number of benzene rings is 1. The van der Waals surface area contributed by atoms with Crippen LogP contribution >= 0.6 is 0 Å². The van der Waals surface area contributed by atoms with E-state index in [0.29, 0.717) is 0 Å². The number of nitrogens with zero attached hydrogens (tertiary/aromatic N) is 2. The summed E-state index contributed by atoms with van der Waals surface area (Å²) in [7, 11) is 0. The van der Waals surface area contributed by atoms with Crippen LogP contribution in [0, 0.1) is 5.21 Å². The van der Waals surface area contributed by atoms with E-state index in [9.17, 15) is 14.8 Å². The van der Waals surface area contributed by atoms with Gasteiger partial charge in [-0.2, -0.15) is 0 Å². The maximum atomic E-state index is 11.6. The van der Waals surface area contributed by atoms with Gasteiger partial charge in [-0.3, -0.25) is 0 Å². The Morgan fingerprint density at radius 1 is 1.36 bits per heavy atom. The molecule has 0 spiro atoms. The first kappa shape index (κ1) is 17.2. The standard InChI is InChI=1S/C13H17N3O6/c17-12(18)11(7-4-8-16(21)15-20)14-13(19)22-9-10-5-2-1-3-6-10/h1-3,5-6,11,20H,4,7-9H2,(H,14,19)(H,17,18)/b16-15-/t11-/m0/s1. The van der Waals surface area contributed by atoms with Crippen LogP contribution in [0.1, 0.15) is 18.4 Å². The van der Waals surface area contributed by atoms with Crippen LogP contribution in [-0.2, 0) is 16.1 Å². The fourth-order valence-corrected chi connectivity index (χ4v) is 1.64. The second kappa shape index (κ2) is 9.16. The number of alkyl carbamates (subject to hydrolysis) is 1. The fourth-order valence-electron chi connectivity index (χ4n) is 1.64.